The Morgan fingerprint density at radius 2 is 1.96 bits per heavy atom. The SMILES string of the molecule is CN(C)/C=C/C(=O)c1cc(C(=O)N2CC(c3ccccc3)C2)no1. The van der Waals surface area contributed by atoms with E-state index >= 15 is 0 Å². The van der Waals surface area contributed by atoms with Crippen LogP contribution in [0.3, 0.4) is 0 Å². The number of carbonyl (C=O) groups excluding carboxylic acids is 2. The normalized spacial score (nSPS) is 14.7. The van der Waals surface area contributed by atoms with Crippen molar-refractivity contribution >= 4 is 11.7 Å². The van der Waals surface area contributed by atoms with E-state index in [1.807, 2.05) is 32.3 Å². The fraction of sp³-hybridized carbons (Fsp3) is 0.278. The molecule has 1 amide bonds. The van der Waals surface area contributed by atoms with Crippen LogP contribution in [0.4, 0.5) is 0 Å². The summed E-state index contributed by atoms with van der Waals surface area (Å²) in [7, 11) is 3.62. The number of benzene rings is 1. The van der Waals surface area contributed by atoms with Crippen molar-refractivity contribution in [1.82, 2.24) is 15.0 Å². The summed E-state index contributed by atoms with van der Waals surface area (Å²) in [4.78, 5) is 27.7. The van der Waals surface area contributed by atoms with Crippen molar-refractivity contribution in [3.05, 3.63) is 65.7 Å². The molecule has 0 radical (unpaired) electrons. The summed E-state index contributed by atoms with van der Waals surface area (Å²) < 4.78 is 4.99. The van der Waals surface area contributed by atoms with Crippen LogP contribution in [0.15, 0.2) is 53.2 Å². The zero-order valence-corrected chi connectivity index (χ0v) is 13.7. The van der Waals surface area contributed by atoms with E-state index in [-0.39, 0.29) is 23.1 Å². The summed E-state index contributed by atoms with van der Waals surface area (Å²) in [6, 6.07) is 11.5. The van der Waals surface area contributed by atoms with E-state index in [9.17, 15) is 9.59 Å². The van der Waals surface area contributed by atoms with Crippen molar-refractivity contribution in [1.29, 1.82) is 0 Å². The maximum atomic E-state index is 12.4. The lowest BCUT2D eigenvalue weighted by molar-refractivity contribution is 0.0591. The third-order valence-corrected chi connectivity index (χ3v) is 3.94. The lowest BCUT2D eigenvalue weighted by atomic mass is 9.91. The second-order valence-electron chi connectivity index (χ2n) is 6.04. The zero-order chi connectivity index (χ0) is 17.1. The first-order valence-corrected chi connectivity index (χ1v) is 7.74. The van der Waals surface area contributed by atoms with Crippen LogP contribution in [-0.4, -0.2) is 53.8 Å². The highest BCUT2D eigenvalue weighted by atomic mass is 16.5. The Morgan fingerprint density at radius 1 is 1.25 bits per heavy atom. The molecule has 6 heteroatoms. The number of nitrogens with zero attached hydrogens (tertiary/aromatic N) is 3. The van der Waals surface area contributed by atoms with Gasteiger partial charge < -0.3 is 14.3 Å². The van der Waals surface area contributed by atoms with Crippen molar-refractivity contribution in [2.45, 2.75) is 5.92 Å². The Hall–Kier alpha value is -2.89. The van der Waals surface area contributed by atoms with Gasteiger partial charge in [0.05, 0.1) is 0 Å². The van der Waals surface area contributed by atoms with Crippen LogP contribution in [0.25, 0.3) is 0 Å². The molecule has 3 rings (SSSR count). The van der Waals surface area contributed by atoms with E-state index in [2.05, 4.69) is 17.3 Å². The summed E-state index contributed by atoms with van der Waals surface area (Å²) in [6.45, 7) is 1.30. The number of likely N-dealkylation sites (tertiary alicyclic amines) is 1. The fourth-order valence-corrected chi connectivity index (χ4v) is 2.53. The molecular weight excluding hydrogens is 306 g/mol. The highest BCUT2D eigenvalue weighted by molar-refractivity contribution is 6.04. The fourth-order valence-electron chi connectivity index (χ4n) is 2.53. The molecule has 2 aromatic rings. The van der Waals surface area contributed by atoms with Crippen molar-refractivity contribution in [3.8, 4) is 0 Å². The monoisotopic (exact) mass is 325 g/mol. The number of amides is 1. The number of allylic oxidation sites excluding steroid dienone is 1. The lowest BCUT2D eigenvalue weighted by Crippen LogP contribution is -2.48. The highest BCUT2D eigenvalue weighted by Crippen LogP contribution is 2.28. The largest absolute Gasteiger partial charge is 0.383 e. The van der Waals surface area contributed by atoms with Crippen LogP contribution in [0.5, 0.6) is 0 Å². The molecule has 0 bridgehead atoms. The highest BCUT2D eigenvalue weighted by Gasteiger charge is 2.33. The number of carbonyl (C=O) groups is 2. The molecule has 1 fully saturated rings. The lowest BCUT2D eigenvalue weighted by Gasteiger charge is -2.39. The Kier molecular flexibility index (Phi) is 4.46. The number of hydrogen-bond acceptors (Lipinski definition) is 5. The Morgan fingerprint density at radius 3 is 2.62 bits per heavy atom. The number of ketones is 1. The minimum atomic E-state index is -0.318. The van der Waals surface area contributed by atoms with Crippen molar-refractivity contribution in [2.75, 3.05) is 27.2 Å². The van der Waals surface area contributed by atoms with Gasteiger partial charge in [0.25, 0.3) is 5.91 Å². The molecule has 1 aromatic carbocycles. The van der Waals surface area contributed by atoms with Crippen LogP contribution in [0.1, 0.15) is 32.5 Å². The Balaban J connectivity index is 1.60. The predicted molar refractivity (Wildman–Crippen MR) is 88.7 cm³/mol. The molecule has 1 aliphatic heterocycles. The zero-order valence-electron chi connectivity index (χ0n) is 13.7. The molecule has 6 nitrogen and oxygen atoms in total. The van der Waals surface area contributed by atoms with Crippen LogP contribution >= 0.6 is 0 Å². The molecular formula is C18H19N3O3. The molecule has 1 aliphatic rings. The molecule has 24 heavy (non-hydrogen) atoms. The van der Waals surface area contributed by atoms with Crippen molar-refractivity contribution in [2.24, 2.45) is 0 Å². The van der Waals surface area contributed by atoms with Gasteiger partial charge in [0.2, 0.25) is 11.5 Å². The summed E-state index contributed by atoms with van der Waals surface area (Å²) in [5.74, 6) is -0.106. The van der Waals surface area contributed by atoms with Crippen LogP contribution in [0.2, 0.25) is 0 Å². The second kappa shape index (κ2) is 6.70. The molecule has 2 heterocycles. The summed E-state index contributed by atoms with van der Waals surface area (Å²) in [6.07, 6.45) is 3.00. The first-order chi connectivity index (χ1) is 11.5. The van der Waals surface area contributed by atoms with Gasteiger partial charge in [0.1, 0.15) is 0 Å². The van der Waals surface area contributed by atoms with Gasteiger partial charge in [-0.05, 0) is 5.56 Å². The van der Waals surface area contributed by atoms with Gasteiger partial charge in [-0.1, -0.05) is 35.5 Å². The van der Waals surface area contributed by atoms with Gasteiger partial charge in [-0.3, -0.25) is 9.59 Å². The molecule has 0 atom stereocenters. The molecule has 0 unspecified atom stereocenters. The molecule has 124 valence electrons. The van der Waals surface area contributed by atoms with E-state index in [4.69, 9.17) is 4.52 Å². The van der Waals surface area contributed by atoms with E-state index in [1.165, 1.54) is 17.7 Å². The molecule has 0 saturated carbocycles. The summed E-state index contributed by atoms with van der Waals surface area (Å²) in [5, 5.41) is 3.73. The number of aromatic nitrogens is 1. The quantitative estimate of drug-likeness (QED) is 0.622. The number of rotatable bonds is 5. The molecule has 0 aliphatic carbocycles. The Bertz CT molecular complexity index is 759. The van der Waals surface area contributed by atoms with Gasteiger partial charge in [-0.25, -0.2) is 0 Å². The van der Waals surface area contributed by atoms with Gasteiger partial charge in [-0.15, -0.1) is 0 Å². The van der Waals surface area contributed by atoms with Gasteiger partial charge in [0.15, 0.2) is 5.69 Å². The van der Waals surface area contributed by atoms with Gasteiger partial charge in [-0.2, -0.15) is 0 Å². The average Bonchev–Trinajstić information content (AvgIpc) is 3.02. The molecule has 0 spiro atoms. The van der Waals surface area contributed by atoms with E-state index in [0.29, 0.717) is 19.0 Å². The topological polar surface area (TPSA) is 66.7 Å². The van der Waals surface area contributed by atoms with Gasteiger partial charge >= 0.3 is 0 Å². The molecule has 1 aromatic heterocycles. The first-order valence-electron chi connectivity index (χ1n) is 7.74. The third-order valence-electron chi connectivity index (χ3n) is 3.94. The molecule has 0 N–H and O–H groups in total. The maximum absolute atomic E-state index is 12.4. The summed E-state index contributed by atoms with van der Waals surface area (Å²) in [5.41, 5.74) is 1.40. The Labute approximate surface area is 140 Å². The minimum Gasteiger partial charge on any atom is -0.383 e. The minimum absolute atomic E-state index is 0.0663. The number of hydrogen-bond donors (Lipinski definition) is 0. The predicted octanol–water partition coefficient (Wildman–Crippen LogP) is 2.17. The van der Waals surface area contributed by atoms with Crippen LogP contribution < -0.4 is 0 Å². The van der Waals surface area contributed by atoms with E-state index in [0.717, 1.165) is 0 Å². The van der Waals surface area contributed by atoms with Crippen LogP contribution in [0, 0.1) is 0 Å². The van der Waals surface area contributed by atoms with Gasteiger partial charge in [0, 0.05) is 51.4 Å². The smallest absolute Gasteiger partial charge is 0.276 e. The van der Waals surface area contributed by atoms with Crippen molar-refractivity contribution < 1.29 is 14.1 Å². The second-order valence-corrected chi connectivity index (χ2v) is 6.04. The van der Waals surface area contributed by atoms with Crippen LogP contribution in [-0.2, 0) is 0 Å². The van der Waals surface area contributed by atoms with E-state index < -0.39 is 0 Å². The maximum Gasteiger partial charge on any atom is 0.276 e. The molecule has 1 saturated heterocycles. The van der Waals surface area contributed by atoms with Crippen molar-refractivity contribution in [3.63, 3.8) is 0 Å². The third kappa shape index (κ3) is 3.37. The standard InChI is InChI=1S/C18H19N3O3/c1-20(2)9-8-16(22)17-10-15(19-24-17)18(23)21-11-14(12-21)13-6-4-3-5-7-13/h3-10,14H,11-12H2,1-2H3/b9-8+. The first kappa shape index (κ1) is 16.0. The summed E-state index contributed by atoms with van der Waals surface area (Å²) >= 11 is 0. The average molecular weight is 325 g/mol. The van der Waals surface area contributed by atoms with E-state index in [1.54, 1.807) is 16.0 Å².